The maximum Gasteiger partial charge on any atom is 0.0484 e. The Balaban J connectivity index is 0.00000180. The molecule has 0 amide bonds. The van der Waals surface area contributed by atoms with Gasteiger partial charge in [0, 0.05) is 23.2 Å². The maximum absolute atomic E-state index is 8.93. The Kier molecular flexibility index (Phi) is 6.32. The van der Waals surface area contributed by atoms with Crippen LogP contribution in [0.4, 0.5) is 0 Å². The maximum atomic E-state index is 8.93. The van der Waals surface area contributed by atoms with Crippen LogP contribution in [-0.4, -0.2) is 11.7 Å². The Morgan fingerprint density at radius 2 is 1.84 bits per heavy atom. The lowest BCUT2D eigenvalue weighted by Gasteiger charge is -2.12. The van der Waals surface area contributed by atoms with Crippen LogP contribution in [0.15, 0.2) is 48.5 Å². The quantitative estimate of drug-likeness (QED) is 0.901. The SMILES string of the molecule is Cl.NC(CCO)c1cccc(-c2ccccc2Cl)c1. The van der Waals surface area contributed by atoms with E-state index in [1.54, 1.807) is 0 Å². The highest BCUT2D eigenvalue weighted by atomic mass is 35.5. The van der Waals surface area contributed by atoms with Crippen LogP contribution < -0.4 is 5.73 Å². The summed E-state index contributed by atoms with van der Waals surface area (Å²) in [6.07, 6.45) is 0.561. The van der Waals surface area contributed by atoms with Crippen LogP contribution in [0.25, 0.3) is 11.1 Å². The van der Waals surface area contributed by atoms with Gasteiger partial charge in [0.25, 0.3) is 0 Å². The summed E-state index contributed by atoms with van der Waals surface area (Å²) in [5.74, 6) is 0. The number of aliphatic hydroxyl groups is 1. The molecule has 0 radical (unpaired) electrons. The van der Waals surface area contributed by atoms with Gasteiger partial charge in [0.1, 0.15) is 0 Å². The third-order valence-corrected chi connectivity index (χ3v) is 3.27. The van der Waals surface area contributed by atoms with Crippen LogP contribution >= 0.6 is 24.0 Å². The topological polar surface area (TPSA) is 46.2 Å². The summed E-state index contributed by atoms with van der Waals surface area (Å²) in [6, 6.07) is 15.6. The first kappa shape index (κ1) is 16.0. The fourth-order valence-corrected chi connectivity index (χ4v) is 2.18. The van der Waals surface area contributed by atoms with Gasteiger partial charge >= 0.3 is 0 Å². The number of benzene rings is 2. The van der Waals surface area contributed by atoms with Crippen LogP contribution in [0.2, 0.25) is 5.02 Å². The minimum Gasteiger partial charge on any atom is -0.396 e. The second-order valence-electron chi connectivity index (χ2n) is 4.22. The smallest absolute Gasteiger partial charge is 0.0484 e. The van der Waals surface area contributed by atoms with Gasteiger partial charge in [-0.05, 0) is 29.7 Å². The summed E-state index contributed by atoms with van der Waals surface area (Å²) in [7, 11) is 0. The average Bonchev–Trinajstić information content (AvgIpc) is 2.40. The molecule has 0 aliphatic heterocycles. The van der Waals surface area contributed by atoms with E-state index in [2.05, 4.69) is 0 Å². The summed E-state index contributed by atoms with van der Waals surface area (Å²) < 4.78 is 0. The van der Waals surface area contributed by atoms with E-state index >= 15 is 0 Å². The number of hydrogen-bond donors (Lipinski definition) is 2. The molecule has 1 atom stereocenters. The first-order valence-electron chi connectivity index (χ1n) is 5.93. The van der Waals surface area contributed by atoms with E-state index in [9.17, 15) is 0 Å². The molecule has 1 unspecified atom stereocenters. The predicted octanol–water partition coefficient (Wildman–Crippen LogP) is 3.81. The van der Waals surface area contributed by atoms with Gasteiger partial charge in [-0.25, -0.2) is 0 Å². The first-order chi connectivity index (χ1) is 8.72. The fraction of sp³-hybridized carbons (Fsp3) is 0.200. The average molecular weight is 298 g/mol. The van der Waals surface area contributed by atoms with Crippen molar-refractivity contribution in [3.8, 4) is 11.1 Å². The molecule has 0 aliphatic carbocycles. The summed E-state index contributed by atoms with van der Waals surface area (Å²) in [5, 5.41) is 9.65. The Morgan fingerprint density at radius 3 is 2.53 bits per heavy atom. The van der Waals surface area contributed by atoms with Gasteiger partial charge in [0.2, 0.25) is 0 Å². The van der Waals surface area contributed by atoms with Gasteiger partial charge in [-0.15, -0.1) is 12.4 Å². The summed E-state index contributed by atoms with van der Waals surface area (Å²) >= 11 is 6.18. The summed E-state index contributed by atoms with van der Waals surface area (Å²) in [4.78, 5) is 0. The van der Waals surface area contributed by atoms with E-state index < -0.39 is 0 Å². The van der Waals surface area contributed by atoms with Gasteiger partial charge in [0.15, 0.2) is 0 Å². The molecule has 0 saturated carbocycles. The Labute approximate surface area is 124 Å². The van der Waals surface area contributed by atoms with E-state index in [1.807, 2.05) is 48.5 Å². The number of rotatable bonds is 4. The number of halogens is 2. The monoisotopic (exact) mass is 297 g/mol. The molecule has 2 aromatic carbocycles. The van der Waals surface area contributed by atoms with Crippen molar-refractivity contribution in [3.63, 3.8) is 0 Å². The van der Waals surface area contributed by atoms with E-state index in [4.69, 9.17) is 22.4 Å². The molecule has 0 spiro atoms. The molecular formula is C15H17Cl2NO. The third kappa shape index (κ3) is 3.95. The molecule has 0 heterocycles. The number of aliphatic hydroxyl groups excluding tert-OH is 1. The molecule has 2 nitrogen and oxygen atoms in total. The minimum atomic E-state index is -0.141. The molecule has 0 fully saturated rings. The lowest BCUT2D eigenvalue weighted by atomic mass is 9.98. The molecule has 2 aromatic rings. The number of hydrogen-bond acceptors (Lipinski definition) is 2. The standard InChI is InChI=1S/C15H16ClNO.ClH/c16-14-7-2-1-6-13(14)11-4-3-5-12(10-11)15(17)8-9-18;/h1-7,10,15,18H,8-9,17H2;1H. The zero-order valence-electron chi connectivity index (χ0n) is 10.4. The van der Waals surface area contributed by atoms with Gasteiger partial charge < -0.3 is 10.8 Å². The lowest BCUT2D eigenvalue weighted by molar-refractivity contribution is 0.276. The van der Waals surface area contributed by atoms with Gasteiger partial charge in [-0.1, -0.05) is 48.0 Å². The van der Waals surface area contributed by atoms with E-state index in [-0.39, 0.29) is 25.1 Å². The zero-order valence-corrected chi connectivity index (χ0v) is 12.0. The van der Waals surface area contributed by atoms with Crippen LogP contribution in [0.5, 0.6) is 0 Å². The highest BCUT2D eigenvalue weighted by Crippen LogP contribution is 2.29. The van der Waals surface area contributed by atoms with Crippen molar-refractivity contribution in [1.29, 1.82) is 0 Å². The van der Waals surface area contributed by atoms with Crippen molar-refractivity contribution in [2.75, 3.05) is 6.61 Å². The van der Waals surface area contributed by atoms with Gasteiger partial charge in [0.05, 0.1) is 0 Å². The van der Waals surface area contributed by atoms with Crippen LogP contribution in [0, 0.1) is 0 Å². The Morgan fingerprint density at radius 1 is 1.11 bits per heavy atom. The van der Waals surface area contributed by atoms with Crippen LogP contribution in [0.1, 0.15) is 18.0 Å². The Hall–Kier alpha value is -1.06. The van der Waals surface area contributed by atoms with Gasteiger partial charge in [-0.3, -0.25) is 0 Å². The van der Waals surface area contributed by atoms with Crippen molar-refractivity contribution < 1.29 is 5.11 Å². The van der Waals surface area contributed by atoms with Crippen molar-refractivity contribution >= 4 is 24.0 Å². The van der Waals surface area contributed by atoms with Crippen molar-refractivity contribution in [2.45, 2.75) is 12.5 Å². The minimum absolute atomic E-state index is 0. The molecule has 0 saturated heterocycles. The zero-order chi connectivity index (χ0) is 13.0. The fourth-order valence-electron chi connectivity index (χ4n) is 1.94. The summed E-state index contributed by atoms with van der Waals surface area (Å²) in [6.45, 7) is 0.0947. The highest BCUT2D eigenvalue weighted by molar-refractivity contribution is 6.33. The molecule has 19 heavy (non-hydrogen) atoms. The lowest BCUT2D eigenvalue weighted by Crippen LogP contribution is -2.11. The van der Waals surface area contributed by atoms with Crippen LogP contribution in [-0.2, 0) is 0 Å². The molecular weight excluding hydrogens is 281 g/mol. The van der Waals surface area contributed by atoms with Crippen molar-refractivity contribution in [1.82, 2.24) is 0 Å². The van der Waals surface area contributed by atoms with Crippen LogP contribution in [0.3, 0.4) is 0 Å². The molecule has 0 aromatic heterocycles. The summed E-state index contributed by atoms with van der Waals surface area (Å²) in [5.41, 5.74) is 9.06. The third-order valence-electron chi connectivity index (χ3n) is 2.94. The second-order valence-corrected chi connectivity index (χ2v) is 4.63. The highest BCUT2D eigenvalue weighted by Gasteiger charge is 2.08. The van der Waals surface area contributed by atoms with E-state index in [1.165, 1.54) is 0 Å². The van der Waals surface area contributed by atoms with E-state index in [0.717, 1.165) is 21.7 Å². The second kappa shape index (κ2) is 7.51. The normalized spacial score (nSPS) is 11.7. The number of nitrogens with two attached hydrogens (primary N) is 1. The molecule has 0 aliphatic rings. The molecule has 3 N–H and O–H groups in total. The van der Waals surface area contributed by atoms with Gasteiger partial charge in [-0.2, -0.15) is 0 Å². The van der Waals surface area contributed by atoms with Crippen molar-refractivity contribution in [2.24, 2.45) is 5.73 Å². The first-order valence-corrected chi connectivity index (χ1v) is 6.31. The predicted molar refractivity (Wildman–Crippen MR) is 82.8 cm³/mol. The molecule has 2 rings (SSSR count). The largest absolute Gasteiger partial charge is 0.396 e. The van der Waals surface area contributed by atoms with E-state index in [0.29, 0.717) is 6.42 Å². The molecule has 102 valence electrons. The Bertz CT molecular complexity index is 531. The molecule has 4 heteroatoms. The van der Waals surface area contributed by atoms with Crippen molar-refractivity contribution in [3.05, 3.63) is 59.1 Å². The molecule has 0 bridgehead atoms.